The van der Waals surface area contributed by atoms with Gasteiger partial charge in [0.2, 0.25) is 23.6 Å². The van der Waals surface area contributed by atoms with Gasteiger partial charge in [0.25, 0.3) is 0 Å². The van der Waals surface area contributed by atoms with Crippen LogP contribution in [0.25, 0.3) is 0 Å². The summed E-state index contributed by atoms with van der Waals surface area (Å²) in [5.41, 5.74) is 3.68. The predicted molar refractivity (Wildman–Crippen MR) is 238 cm³/mol. The number of benzene rings is 3. The second kappa shape index (κ2) is 21.0. The van der Waals surface area contributed by atoms with E-state index < -0.39 is 36.4 Å². The minimum atomic E-state index is -0.846. The number of nitrogens with zero attached hydrogens (tertiary/aromatic N) is 3. The van der Waals surface area contributed by atoms with Gasteiger partial charge < -0.3 is 50.2 Å². The standard InChI is InChI=1S/C47H60FN7O9/c1-27(2)39(51-46(60)63-6)44(58)53-24-8-10-35(53)42(56)49-32-18-12-29(13-19-32)37-26-38(62-5)41(55(37)34-22-16-31(48)17-23-34)30-14-20-33(21-15-30)50-43(57)36-11-9-25-54(36)45(59)40(28(3)4)52-47(61)64-7/h12-23,27-28,35-41H,8-11,24-26H2,1-7H3,(H,49,56)(H,50,57)(H,51,60)(H,52,61)/t35-,36-,37+,38?,39?,40-,41-/m0/s1. The van der Waals surface area contributed by atoms with E-state index in [-0.39, 0.29) is 59.5 Å². The number of methoxy groups -OCH3 is 3. The molecule has 3 aromatic carbocycles. The molecule has 0 aliphatic carbocycles. The molecule has 344 valence electrons. The minimum absolute atomic E-state index is 0.225. The van der Waals surface area contributed by atoms with Crippen LogP contribution in [0, 0.1) is 17.7 Å². The Balaban J connectivity index is 1.17. The van der Waals surface area contributed by atoms with Crippen molar-refractivity contribution in [3.63, 3.8) is 0 Å². The highest BCUT2D eigenvalue weighted by molar-refractivity contribution is 5.99. The number of carbonyl (C=O) groups is 6. The van der Waals surface area contributed by atoms with Gasteiger partial charge in [-0.15, -0.1) is 0 Å². The van der Waals surface area contributed by atoms with E-state index in [4.69, 9.17) is 14.2 Å². The molecule has 7 atom stereocenters. The molecule has 0 aromatic heterocycles. The van der Waals surface area contributed by atoms with Crippen molar-refractivity contribution in [1.82, 2.24) is 20.4 Å². The highest BCUT2D eigenvalue weighted by Crippen LogP contribution is 2.48. The van der Waals surface area contributed by atoms with Gasteiger partial charge in [0.15, 0.2) is 0 Å². The lowest BCUT2D eigenvalue weighted by atomic mass is 10.0. The molecule has 3 heterocycles. The molecule has 0 saturated carbocycles. The van der Waals surface area contributed by atoms with E-state index in [1.165, 1.54) is 36.2 Å². The summed E-state index contributed by atoms with van der Waals surface area (Å²) in [6.07, 6.45) is 1.10. The fraction of sp³-hybridized carbons (Fsp3) is 0.489. The number of anilines is 3. The van der Waals surface area contributed by atoms with Crippen LogP contribution < -0.4 is 26.2 Å². The van der Waals surface area contributed by atoms with Crippen molar-refractivity contribution >= 4 is 52.9 Å². The van der Waals surface area contributed by atoms with E-state index in [0.29, 0.717) is 56.6 Å². The molecule has 0 radical (unpaired) electrons. The largest absolute Gasteiger partial charge is 0.453 e. The van der Waals surface area contributed by atoms with Gasteiger partial charge in [-0.2, -0.15) is 0 Å². The van der Waals surface area contributed by atoms with E-state index in [1.54, 1.807) is 19.2 Å². The zero-order valence-electron chi connectivity index (χ0n) is 37.5. The smallest absolute Gasteiger partial charge is 0.407 e. The summed E-state index contributed by atoms with van der Waals surface area (Å²) >= 11 is 0. The van der Waals surface area contributed by atoms with Crippen molar-refractivity contribution in [3.8, 4) is 0 Å². The molecular formula is C47H60FN7O9. The average molecular weight is 886 g/mol. The number of rotatable bonds is 14. The van der Waals surface area contributed by atoms with Gasteiger partial charge in [-0.3, -0.25) is 19.2 Å². The first-order valence-corrected chi connectivity index (χ1v) is 21.8. The average Bonchev–Trinajstić information content (AvgIpc) is 4.07. The maximum absolute atomic E-state index is 14.3. The van der Waals surface area contributed by atoms with Crippen molar-refractivity contribution in [2.24, 2.45) is 11.8 Å². The third-order valence-electron chi connectivity index (χ3n) is 12.4. The Bertz CT molecular complexity index is 2140. The summed E-state index contributed by atoms with van der Waals surface area (Å²) in [6.45, 7) is 8.05. The number of ether oxygens (including phenoxy) is 3. The van der Waals surface area contributed by atoms with Crippen LogP contribution in [0.4, 0.5) is 31.0 Å². The van der Waals surface area contributed by atoms with Gasteiger partial charge in [0.05, 0.1) is 32.4 Å². The monoisotopic (exact) mass is 885 g/mol. The fourth-order valence-corrected chi connectivity index (χ4v) is 9.05. The van der Waals surface area contributed by atoms with Crippen molar-refractivity contribution in [3.05, 3.63) is 89.7 Å². The van der Waals surface area contributed by atoms with Gasteiger partial charge in [0, 0.05) is 43.7 Å². The summed E-state index contributed by atoms with van der Waals surface area (Å²) in [5.74, 6) is -2.16. The van der Waals surface area contributed by atoms with Crippen LogP contribution >= 0.6 is 0 Å². The quantitative estimate of drug-likeness (QED) is 0.146. The van der Waals surface area contributed by atoms with E-state index in [2.05, 4.69) is 26.2 Å². The first-order valence-electron chi connectivity index (χ1n) is 21.8. The van der Waals surface area contributed by atoms with Crippen LogP contribution in [0.3, 0.4) is 0 Å². The summed E-state index contributed by atoms with van der Waals surface area (Å²) in [4.78, 5) is 83.6. The Hall–Kier alpha value is -6.23. The molecule has 3 aromatic rings. The molecule has 6 amide bonds. The number of amides is 6. The molecule has 3 aliphatic heterocycles. The van der Waals surface area contributed by atoms with Gasteiger partial charge >= 0.3 is 12.2 Å². The molecule has 3 aliphatic rings. The third kappa shape index (κ3) is 10.6. The van der Waals surface area contributed by atoms with Crippen LogP contribution in [0.15, 0.2) is 72.8 Å². The van der Waals surface area contributed by atoms with Gasteiger partial charge in [-0.05, 0) is 97.2 Å². The van der Waals surface area contributed by atoms with Crippen LogP contribution in [0.2, 0.25) is 0 Å². The fourth-order valence-electron chi connectivity index (χ4n) is 9.05. The maximum atomic E-state index is 14.3. The second-order valence-electron chi connectivity index (χ2n) is 17.2. The summed E-state index contributed by atoms with van der Waals surface area (Å²) in [7, 11) is 4.12. The normalized spacial score (nSPS) is 21.7. The SMILES string of the molecule is COC(=O)NC(C(=O)N1CCC[C@H]1C(=O)Nc1ccc([C@H]2CC(OC)[C@H](c3ccc(NC(=O)[C@@H]4CCCN4C(=O)[C@@H](NC(=O)OC)C(C)C)cc3)N2c2ccc(F)cc2)cc1)C(C)C. The molecule has 4 N–H and O–H groups in total. The van der Waals surface area contributed by atoms with Crippen LogP contribution in [-0.4, -0.2) is 110 Å². The first-order chi connectivity index (χ1) is 30.6. The Kier molecular flexibility index (Phi) is 15.5. The summed E-state index contributed by atoms with van der Waals surface area (Å²) in [6, 6.07) is 17.6. The highest BCUT2D eigenvalue weighted by Gasteiger charge is 2.44. The van der Waals surface area contributed by atoms with Crippen molar-refractivity contribution in [2.45, 2.75) is 102 Å². The number of hydrogen-bond donors (Lipinski definition) is 4. The molecular weight excluding hydrogens is 826 g/mol. The molecule has 16 nitrogen and oxygen atoms in total. The van der Waals surface area contributed by atoms with Crippen molar-refractivity contribution in [2.75, 3.05) is 50.0 Å². The Morgan fingerprint density at radius 2 is 1.06 bits per heavy atom. The van der Waals surface area contributed by atoms with Crippen LogP contribution in [0.1, 0.15) is 83.0 Å². The molecule has 64 heavy (non-hydrogen) atoms. The lowest BCUT2D eigenvalue weighted by Gasteiger charge is -2.34. The second-order valence-corrected chi connectivity index (χ2v) is 17.2. The van der Waals surface area contributed by atoms with Crippen molar-refractivity contribution in [1.29, 1.82) is 0 Å². The van der Waals surface area contributed by atoms with Gasteiger partial charge in [0.1, 0.15) is 30.0 Å². The van der Waals surface area contributed by atoms with E-state index >= 15 is 0 Å². The zero-order chi connectivity index (χ0) is 46.2. The number of carbonyl (C=O) groups excluding carboxylic acids is 6. The number of nitrogens with one attached hydrogen (secondary N) is 4. The van der Waals surface area contributed by atoms with E-state index in [1.807, 2.05) is 76.2 Å². The third-order valence-corrected chi connectivity index (χ3v) is 12.4. The maximum Gasteiger partial charge on any atom is 0.407 e. The van der Waals surface area contributed by atoms with Gasteiger partial charge in [-0.25, -0.2) is 14.0 Å². The minimum Gasteiger partial charge on any atom is -0.453 e. The molecule has 6 rings (SSSR count). The lowest BCUT2D eigenvalue weighted by Crippen LogP contribution is -2.54. The Morgan fingerprint density at radius 3 is 1.47 bits per heavy atom. The lowest BCUT2D eigenvalue weighted by molar-refractivity contribution is -0.139. The van der Waals surface area contributed by atoms with Gasteiger partial charge in [-0.1, -0.05) is 52.0 Å². The molecule has 0 bridgehead atoms. The summed E-state index contributed by atoms with van der Waals surface area (Å²) in [5, 5.41) is 11.2. The molecule has 3 saturated heterocycles. The molecule has 3 fully saturated rings. The summed E-state index contributed by atoms with van der Waals surface area (Å²) < 4.78 is 29.9. The zero-order valence-corrected chi connectivity index (χ0v) is 37.5. The Labute approximate surface area is 373 Å². The predicted octanol–water partition coefficient (Wildman–Crippen LogP) is 6.15. The van der Waals surface area contributed by atoms with Crippen molar-refractivity contribution < 1.29 is 47.4 Å². The van der Waals surface area contributed by atoms with Crippen LogP contribution in [-0.2, 0) is 33.4 Å². The number of halogens is 1. The number of hydrogen-bond acceptors (Lipinski definition) is 10. The topological polar surface area (TPSA) is 188 Å². The molecule has 2 unspecified atom stereocenters. The number of likely N-dealkylation sites (tertiary alicyclic amines) is 2. The molecule has 0 spiro atoms. The van der Waals surface area contributed by atoms with E-state index in [9.17, 15) is 33.2 Å². The Morgan fingerprint density at radius 1 is 0.625 bits per heavy atom. The number of alkyl carbamates (subject to hydrolysis) is 2. The van der Waals surface area contributed by atoms with Crippen LogP contribution in [0.5, 0.6) is 0 Å². The first kappa shape index (κ1) is 47.3. The highest BCUT2D eigenvalue weighted by atomic mass is 19.1. The van der Waals surface area contributed by atoms with E-state index in [0.717, 1.165) is 16.8 Å². The molecule has 17 heteroatoms.